The number of nitrogens with zero attached hydrogens (tertiary/aromatic N) is 2. The van der Waals surface area contributed by atoms with Gasteiger partial charge in [-0.1, -0.05) is 41.6 Å². The molecule has 7 heteroatoms. The summed E-state index contributed by atoms with van der Waals surface area (Å²) in [4.78, 5) is 36.3. The zero-order chi connectivity index (χ0) is 24.9. The van der Waals surface area contributed by atoms with Gasteiger partial charge in [0.25, 0.3) is 5.91 Å². The van der Waals surface area contributed by atoms with Gasteiger partial charge in [0.1, 0.15) is 6.04 Å². The molecule has 0 fully saturated rings. The highest BCUT2D eigenvalue weighted by Crippen LogP contribution is 2.37. The molecule has 0 saturated carbocycles. The van der Waals surface area contributed by atoms with Gasteiger partial charge in [-0.3, -0.25) is 9.59 Å². The predicted octanol–water partition coefficient (Wildman–Crippen LogP) is 4.22. The lowest BCUT2D eigenvalue weighted by Crippen LogP contribution is -2.46. The van der Waals surface area contributed by atoms with Crippen LogP contribution >= 0.6 is 0 Å². The van der Waals surface area contributed by atoms with Gasteiger partial charge in [0, 0.05) is 30.8 Å². The van der Waals surface area contributed by atoms with Gasteiger partial charge in [-0.25, -0.2) is 0 Å². The molecule has 0 saturated heterocycles. The number of nitrogens with one attached hydrogen (secondary N) is 1. The molecule has 0 bridgehead atoms. The molecule has 0 aliphatic rings. The smallest absolute Gasteiger partial charge is 0.251 e. The van der Waals surface area contributed by atoms with Gasteiger partial charge in [0.15, 0.2) is 0 Å². The highest BCUT2D eigenvalue weighted by molar-refractivity contribution is 5.94. The number of aryl methyl sites for hydroxylation is 2. The molecule has 7 nitrogen and oxygen atoms in total. The van der Waals surface area contributed by atoms with E-state index in [-0.39, 0.29) is 24.0 Å². The molecule has 1 amide bonds. The summed E-state index contributed by atoms with van der Waals surface area (Å²) >= 11 is 0. The van der Waals surface area contributed by atoms with E-state index in [0.717, 1.165) is 16.7 Å². The molecule has 1 heterocycles. The van der Waals surface area contributed by atoms with Crippen LogP contribution in [0.3, 0.4) is 0 Å². The number of nitroso groups, excluding NO2 is 1. The van der Waals surface area contributed by atoms with E-state index in [1.807, 2.05) is 43.3 Å². The zero-order valence-electron chi connectivity index (χ0n) is 20.0. The summed E-state index contributed by atoms with van der Waals surface area (Å²) in [5.74, 6) is -0.414. The molecular weight excluding hydrogens is 430 g/mol. The van der Waals surface area contributed by atoms with E-state index >= 15 is 0 Å². The number of aliphatic hydroxyl groups excluding tert-OH is 1. The van der Waals surface area contributed by atoms with Crippen molar-refractivity contribution in [2.45, 2.75) is 44.7 Å². The Balaban J connectivity index is 1.96. The van der Waals surface area contributed by atoms with E-state index in [9.17, 15) is 19.6 Å². The maximum atomic E-state index is 12.6. The molecule has 3 rings (SSSR count). The van der Waals surface area contributed by atoms with Gasteiger partial charge in [-0.2, -0.15) is 4.91 Å². The number of carbonyl (C=O) groups is 1. The molecular formula is C27H31N3O4. The van der Waals surface area contributed by atoms with Crippen molar-refractivity contribution >= 4 is 5.91 Å². The number of amides is 1. The lowest BCUT2D eigenvalue weighted by Gasteiger charge is -2.24. The molecule has 34 heavy (non-hydrogen) atoms. The molecule has 0 aliphatic carbocycles. The molecule has 178 valence electrons. The average Bonchev–Trinajstić information content (AvgIpc) is 2.82. The number of pyridine rings is 1. The molecule has 3 aromatic rings. The number of benzene rings is 2. The van der Waals surface area contributed by atoms with Gasteiger partial charge >= 0.3 is 0 Å². The maximum Gasteiger partial charge on any atom is 0.251 e. The Bertz CT molecular complexity index is 1220. The van der Waals surface area contributed by atoms with E-state index in [4.69, 9.17) is 0 Å². The first-order valence-corrected chi connectivity index (χ1v) is 11.2. The summed E-state index contributed by atoms with van der Waals surface area (Å²) in [6.07, 6.45) is 2.06. The first kappa shape index (κ1) is 25.1. The monoisotopic (exact) mass is 461 g/mol. The highest BCUT2D eigenvalue weighted by Gasteiger charge is 2.25. The van der Waals surface area contributed by atoms with E-state index in [0.29, 0.717) is 17.5 Å². The molecule has 2 atom stereocenters. The van der Waals surface area contributed by atoms with Crippen molar-refractivity contribution in [3.05, 3.63) is 110 Å². The van der Waals surface area contributed by atoms with Crippen LogP contribution in [0.2, 0.25) is 0 Å². The second-order valence-corrected chi connectivity index (χ2v) is 9.30. The third kappa shape index (κ3) is 5.85. The van der Waals surface area contributed by atoms with E-state index in [1.165, 1.54) is 10.6 Å². The van der Waals surface area contributed by atoms with Crippen LogP contribution in [0.4, 0.5) is 0 Å². The average molecular weight is 462 g/mol. The minimum absolute atomic E-state index is 0.146. The first-order chi connectivity index (χ1) is 16.1. The topological polar surface area (TPSA) is 101 Å². The van der Waals surface area contributed by atoms with Crippen molar-refractivity contribution in [3.8, 4) is 0 Å². The number of hydrogen-bond donors (Lipinski definition) is 2. The Morgan fingerprint density at radius 2 is 1.71 bits per heavy atom. The van der Waals surface area contributed by atoms with Crippen LogP contribution in [0.15, 0.2) is 76.8 Å². The number of aliphatic hydroxyl groups is 1. The van der Waals surface area contributed by atoms with Crippen LogP contribution in [0.25, 0.3) is 0 Å². The Kier molecular flexibility index (Phi) is 7.79. The lowest BCUT2D eigenvalue weighted by atomic mass is 9.82. The van der Waals surface area contributed by atoms with Gasteiger partial charge in [0.2, 0.25) is 5.56 Å². The Labute approximate surface area is 199 Å². The Hall–Kier alpha value is -3.58. The molecule has 0 radical (unpaired) electrons. The third-order valence-electron chi connectivity index (χ3n) is 6.07. The van der Waals surface area contributed by atoms with Crippen molar-refractivity contribution in [2.24, 2.45) is 12.2 Å². The number of hydrogen-bond acceptors (Lipinski definition) is 5. The van der Waals surface area contributed by atoms with E-state index in [1.54, 1.807) is 45.3 Å². The fourth-order valence-corrected chi connectivity index (χ4v) is 3.98. The van der Waals surface area contributed by atoms with Crippen molar-refractivity contribution in [1.29, 1.82) is 0 Å². The minimum atomic E-state index is -0.724. The number of rotatable bonds is 9. The van der Waals surface area contributed by atoms with Gasteiger partial charge in [-0.05, 0) is 67.6 Å². The predicted molar refractivity (Wildman–Crippen MR) is 133 cm³/mol. The summed E-state index contributed by atoms with van der Waals surface area (Å²) in [5.41, 5.74) is 3.39. The van der Waals surface area contributed by atoms with Gasteiger partial charge in [-0.15, -0.1) is 0 Å². The van der Waals surface area contributed by atoms with E-state index in [2.05, 4.69) is 10.5 Å². The second-order valence-electron chi connectivity index (χ2n) is 9.30. The molecule has 0 aliphatic heterocycles. The van der Waals surface area contributed by atoms with Crippen molar-refractivity contribution in [2.75, 3.05) is 6.61 Å². The second kappa shape index (κ2) is 10.6. The number of aromatic nitrogens is 1. The molecule has 2 aromatic carbocycles. The number of carbonyl (C=O) groups excluding carboxylic acids is 1. The fraction of sp³-hybridized carbons (Fsp3) is 0.333. The quantitative estimate of drug-likeness (QED) is 0.466. The van der Waals surface area contributed by atoms with Crippen LogP contribution < -0.4 is 10.9 Å². The van der Waals surface area contributed by atoms with Crippen LogP contribution in [0, 0.1) is 11.8 Å². The van der Waals surface area contributed by atoms with Crippen molar-refractivity contribution in [3.63, 3.8) is 0 Å². The van der Waals surface area contributed by atoms with E-state index < -0.39 is 11.6 Å². The van der Waals surface area contributed by atoms with Crippen LogP contribution in [-0.4, -0.2) is 27.7 Å². The molecule has 2 N–H and O–H groups in total. The summed E-state index contributed by atoms with van der Waals surface area (Å²) in [6, 6.07) is 17.7. The third-order valence-corrected chi connectivity index (χ3v) is 6.07. The van der Waals surface area contributed by atoms with Crippen LogP contribution in [-0.2, 0) is 7.05 Å². The molecule has 2 unspecified atom stereocenters. The normalized spacial score (nSPS) is 13.2. The van der Waals surface area contributed by atoms with Crippen LogP contribution in [0.5, 0.6) is 0 Å². The fourth-order valence-electron chi connectivity index (χ4n) is 3.98. The summed E-state index contributed by atoms with van der Waals surface area (Å²) < 4.78 is 1.44. The van der Waals surface area contributed by atoms with Crippen molar-refractivity contribution in [1.82, 2.24) is 9.88 Å². The standard InChI is InChI=1S/C27H31N3O4/c1-18-7-5-6-8-22(18)23(15-24(29-34)21-13-14-25(32)30(4)16-21)19-9-11-20(12-10-19)26(33)28-27(2,3)17-31/h5-14,16,23-24,31H,15,17H2,1-4H3,(H,28,33). The lowest BCUT2D eigenvalue weighted by molar-refractivity contribution is 0.0869. The maximum absolute atomic E-state index is 12.6. The highest BCUT2D eigenvalue weighted by atomic mass is 16.3. The van der Waals surface area contributed by atoms with Crippen molar-refractivity contribution < 1.29 is 9.90 Å². The zero-order valence-corrected chi connectivity index (χ0v) is 20.0. The summed E-state index contributed by atoms with van der Waals surface area (Å²) in [7, 11) is 1.65. The first-order valence-electron chi connectivity index (χ1n) is 11.2. The summed E-state index contributed by atoms with van der Waals surface area (Å²) in [6.45, 7) is 5.35. The SMILES string of the molecule is Cc1ccccc1C(CC(N=O)c1ccc(=O)n(C)c1)c1ccc(C(=O)NC(C)(C)CO)cc1. The summed E-state index contributed by atoms with van der Waals surface area (Å²) in [5, 5.41) is 15.6. The van der Waals surface area contributed by atoms with Gasteiger partial charge < -0.3 is 15.0 Å². The van der Waals surface area contributed by atoms with Gasteiger partial charge in [0.05, 0.1) is 12.1 Å². The molecule has 0 spiro atoms. The Morgan fingerprint density at radius 3 is 2.29 bits per heavy atom. The largest absolute Gasteiger partial charge is 0.394 e. The molecule has 1 aromatic heterocycles. The minimum Gasteiger partial charge on any atom is -0.394 e. The Morgan fingerprint density at radius 1 is 1.06 bits per heavy atom. The van der Waals surface area contributed by atoms with Crippen LogP contribution in [0.1, 0.15) is 64.8 Å².